The zero-order valence-corrected chi connectivity index (χ0v) is 14.0. The first-order chi connectivity index (χ1) is 7.41. The largest absolute Gasteiger partial charge is 0.415 e. The Balaban J connectivity index is 2.65. The summed E-state index contributed by atoms with van der Waals surface area (Å²) in [4.78, 5) is 0. The van der Waals surface area contributed by atoms with E-state index in [0.29, 0.717) is 10.2 Å². The summed E-state index contributed by atoms with van der Waals surface area (Å²) in [7, 11) is -1.37. The topological polar surface area (TPSA) is 9.23 Å². The van der Waals surface area contributed by atoms with E-state index in [1.807, 2.05) is 23.5 Å². The van der Waals surface area contributed by atoms with E-state index in [9.17, 15) is 0 Å². The Morgan fingerprint density at radius 1 is 1.12 bits per heavy atom. The van der Waals surface area contributed by atoms with E-state index in [4.69, 9.17) is 4.43 Å². The van der Waals surface area contributed by atoms with Crippen LogP contribution in [0.25, 0.3) is 0 Å². The summed E-state index contributed by atoms with van der Waals surface area (Å²) in [6.07, 6.45) is 11.6. The zero-order chi connectivity index (χ0) is 12.2. The Bertz CT molecular complexity index is 212. The summed E-state index contributed by atoms with van der Waals surface area (Å²) in [5.74, 6) is 0. The first-order valence-electron chi connectivity index (χ1n) is 6.19. The van der Waals surface area contributed by atoms with Crippen molar-refractivity contribution in [3.05, 3.63) is 0 Å². The van der Waals surface area contributed by atoms with Crippen molar-refractivity contribution in [2.75, 3.05) is 12.5 Å². The molecule has 0 amide bonds. The first-order valence-corrected chi connectivity index (χ1v) is 12.0. The number of hydrogen-bond donors (Lipinski definition) is 0. The highest BCUT2D eigenvalue weighted by atomic mass is 32.2. The second-order valence-electron chi connectivity index (χ2n) is 5.62. The van der Waals surface area contributed by atoms with Crippen LogP contribution in [0.4, 0.5) is 0 Å². The highest BCUT2D eigenvalue weighted by molar-refractivity contribution is 8.17. The Morgan fingerprint density at radius 3 is 2.25 bits per heavy atom. The van der Waals surface area contributed by atoms with E-state index < -0.39 is 8.32 Å². The van der Waals surface area contributed by atoms with Crippen LogP contribution in [-0.4, -0.2) is 31.0 Å². The normalized spacial score (nSPS) is 26.4. The molecule has 4 heteroatoms. The van der Waals surface area contributed by atoms with Crippen molar-refractivity contribution in [2.45, 2.75) is 61.9 Å². The quantitative estimate of drug-likeness (QED) is 0.423. The minimum atomic E-state index is -1.37. The second kappa shape index (κ2) is 6.16. The molecule has 0 heterocycles. The number of rotatable bonds is 4. The molecule has 1 rings (SSSR count). The van der Waals surface area contributed by atoms with Gasteiger partial charge in [-0.3, -0.25) is 0 Å². The van der Waals surface area contributed by atoms with Gasteiger partial charge in [0.25, 0.3) is 0 Å². The Hall–Kier alpha value is 0.877. The van der Waals surface area contributed by atoms with E-state index >= 15 is 0 Å². The lowest BCUT2D eigenvalue weighted by molar-refractivity contribution is 0.175. The smallest absolute Gasteiger partial charge is 0.184 e. The SMILES string of the molecule is CSC1(SC)CCCCC(O[Si](C)(C)C)C1. The fraction of sp³-hybridized carbons (Fsp3) is 1.00. The van der Waals surface area contributed by atoms with Crippen LogP contribution in [0.2, 0.25) is 19.6 Å². The average Bonchev–Trinajstić information content (AvgIpc) is 2.38. The van der Waals surface area contributed by atoms with Crippen LogP contribution in [-0.2, 0) is 4.43 Å². The van der Waals surface area contributed by atoms with Crippen molar-refractivity contribution in [2.24, 2.45) is 0 Å². The Kier molecular flexibility index (Phi) is 5.75. The molecule has 1 atom stereocenters. The summed E-state index contributed by atoms with van der Waals surface area (Å²) in [6, 6.07) is 0. The van der Waals surface area contributed by atoms with Gasteiger partial charge in [0.1, 0.15) is 0 Å². The molecule has 0 aromatic carbocycles. The van der Waals surface area contributed by atoms with Gasteiger partial charge in [-0.25, -0.2) is 0 Å². The van der Waals surface area contributed by atoms with Crippen LogP contribution in [0, 0.1) is 0 Å². The fourth-order valence-corrected chi connectivity index (χ4v) is 5.64. The lowest BCUT2D eigenvalue weighted by Gasteiger charge is -2.34. The molecule has 1 unspecified atom stereocenters. The van der Waals surface area contributed by atoms with Gasteiger partial charge in [0.15, 0.2) is 8.32 Å². The van der Waals surface area contributed by atoms with E-state index in [1.165, 1.54) is 32.1 Å². The predicted molar refractivity (Wildman–Crippen MR) is 81.1 cm³/mol. The second-order valence-corrected chi connectivity index (χ2v) is 12.7. The van der Waals surface area contributed by atoms with Gasteiger partial charge in [-0.15, -0.1) is 23.5 Å². The average molecular weight is 279 g/mol. The van der Waals surface area contributed by atoms with Crippen LogP contribution in [0.1, 0.15) is 32.1 Å². The number of thioether (sulfide) groups is 2. The maximum absolute atomic E-state index is 6.33. The maximum atomic E-state index is 6.33. The van der Waals surface area contributed by atoms with E-state index in [-0.39, 0.29) is 0 Å². The van der Waals surface area contributed by atoms with Gasteiger partial charge >= 0.3 is 0 Å². The van der Waals surface area contributed by atoms with Gasteiger partial charge in [0.05, 0.1) is 4.08 Å². The molecule has 0 radical (unpaired) electrons. The molecule has 1 aliphatic rings. The summed E-state index contributed by atoms with van der Waals surface area (Å²) < 4.78 is 6.75. The van der Waals surface area contributed by atoms with Gasteiger partial charge < -0.3 is 4.43 Å². The standard InChI is InChI=1S/C12H26OS2Si/c1-14-12(15-2)9-7-6-8-11(10-12)13-16(3,4)5/h11H,6-10H2,1-5H3. The van der Waals surface area contributed by atoms with E-state index in [2.05, 4.69) is 32.2 Å². The van der Waals surface area contributed by atoms with Crippen molar-refractivity contribution >= 4 is 31.8 Å². The van der Waals surface area contributed by atoms with Gasteiger partial charge in [0, 0.05) is 6.10 Å². The van der Waals surface area contributed by atoms with Crippen LogP contribution in [0.15, 0.2) is 0 Å². The van der Waals surface area contributed by atoms with E-state index in [0.717, 1.165) is 0 Å². The fourth-order valence-electron chi connectivity index (χ4n) is 2.37. The maximum Gasteiger partial charge on any atom is 0.184 e. The zero-order valence-electron chi connectivity index (χ0n) is 11.3. The molecule has 1 fully saturated rings. The van der Waals surface area contributed by atoms with Gasteiger partial charge in [-0.1, -0.05) is 12.8 Å². The molecule has 0 aliphatic heterocycles. The highest BCUT2D eigenvalue weighted by Gasteiger charge is 2.35. The van der Waals surface area contributed by atoms with Gasteiger partial charge in [-0.2, -0.15) is 0 Å². The minimum absolute atomic E-state index is 0.417. The molecule has 0 spiro atoms. The van der Waals surface area contributed by atoms with Crippen LogP contribution < -0.4 is 0 Å². The molecule has 0 bridgehead atoms. The minimum Gasteiger partial charge on any atom is -0.415 e. The molecule has 0 saturated heterocycles. The monoisotopic (exact) mass is 278 g/mol. The van der Waals surface area contributed by atoms with Crippen molar-refractivity contribution in [1.29, 1.82) is 0 Å². The van der Waals surface area contributed by atoms with E-state index in [1.54, 1.807) is 0 Å². The molecular formula is C12H26OS2Si. The van der Waals surface area contributed by atoms with Crippen molar-refractivity contribution in [3.8, 4) is 0 Å². The van der Waals surface area contributed by atoms with Gasteiger partial charge in [-0.05, 0) is 51.4 Å². The highest BCUT2D eigenvalue weighted by Crippen LogP contribution is 2.46. The van der Waals surface area contributed by atoms with Gasteiger partial charge in [0.2, 0.25) is 0 Å². The first kappa shape index (κ1) is 14.9. The van der Waals surface area contributed by atoms with Crippen molar-refractivity contribution in [3.63, 3.8) is 0 Å². The van der Waals surface area contributed by atoms with Crippen molar-refractivity contribution in [1.82, 2.24) is 0 Å². The summed E-state index contributed by atoms with van der Waals surface area (Å²) >= 11 is 4.07. The molecule has 16 heavy (non-hydrogen) atoms. The molecule has 1 saturated carbocycles. The molecule has 0 aromatic rings. The lowest BCUT2D eigenvalue weighted by Crippen LogP contribution is -2.35. The third-order valence-corrected chi connectivity index (χ3v) is 7.41. The summed E-state index contributed by atoms with van der Waals surface area (Å²) in [5, 5.41) is 0. The molecule has 0 N–H and O–H groups in total. The number of hydrogen-bond acceptors (Lipinski definition) is 3. The summed E-state index contributed by atoms with van der Waals surface area (Å²) in [6.45, 7) is 6.91. The predicted octanol–water partition coefficient (Wildman–Crippen LogP) is 4.59. The molecular weight excluding hydrogens is 252 g/mol. The van der Waals surface area contributed by atoms with Crippen LogP contribution >= 0.6 is 23.5 Å². The van der Waals surface area contributed by atoms with Crippen LogP contribution in [0.5, 0.6) is 0 Å². The van der Waals surface area contributed by atoms with Crippen LogP contribution in [0.3, 0.4) is 0 Å². The lowest BCUT2D eigenvalue weighted by atomic mass is 10.1. The molecule has 1 nitrogen and oxygen atoms in total. The third kappa shape index (κ3) is 4.63. The molecule has 1 aliphatic carbocycles. The molecule has 96 valence electrons. The Labute approximate surface area is 111 Å². The third-order valence-electron chi connectivity index (χ3n) is 3.14. The Morgan fingerprint density at radius 2 is 1.75 bits per heavy atom. The molecule has 0 aromatic heterocycles. The summed E-state index contributed by atoms with van der Waals surface area (Å²) in [5.41, 5.74) is 0. The van der Waals surface area contributed by atoms with Crippen molar-refractivity contribution < 1.29 is 4.43 Å².